The number of nitrogens with one attached hydrogen (secondary N) is 1. The van der Waals surface area contributed by atoms with Crippen LogP contribution in [0.4, 0.5) is 16.3 Å². The fraction of sp³-hybridized carbons (Fsp3) is 0.333. The van der Waals surface area contributed by atoms with Crippen LogP contribution >= 0.6 is 0 Å². The molecule has 180 valence electrons. The summed E-state index contributed by atoms with van der Waals surface area (Å²) in [4.78, 5) is 49.0. The van der Waals surface area contributed by atoms with Crippen molar-refractivity contribution >= 4 is 40.4 Å². The number of carbonyl (C=O) groups excluding carboxylic acids is 3. The van der Waals surface area contributed by atoms with Gasteiger partial charge in [-0.3, -0.25) is 14.2 Å². The van der Waals surface area contributed by atoms with E-state index >= 15 is 0 Å². The highest BCUT2D eigenvalue weighted by Crippen LogP contribution is 2.29. The molecule has 11 nitrogen and oxygen atoms in total. The van der Waals surface area contributed by atoms with Crippen LogP contribution in [-0.4, -0.2) is 63.5 Å². The number of nitriles is 1. The third-order valence-electron chi connectivity index (χ3n) is 6.43. The molecular weight excluding hydrogens is 448 g/mol. The largest absolute Gasteiger partial charge is 0.366 e. The predicted octanol–water partition coefficient (Wildman–Crippen LogP) is 2.20. The van der Waals surface area contributed by atoms with E-state index in [9.17, 15) is 14.4 Å². The molecule has 3 aromatic rings. The number of amides is 3. The van der Waals surface area contributed by atoms with Crippen molar-refractivity contribution in [3.05, 3.63) is 48.4 Å². The van der Waals surface area contributed by atoms with Crippen molar-refractivity contribution in [2.75, 3.05) is 30.4 Å². The molecule has 1 aliphatic rings. The summed E-state index contributed by atoms with van der Waals surface area (Å²) < 4.78 is 1.39. The molecule has 1 fully saturated rings. The number of hydrogen-bond acceptors (Lipinski definition) is 7. The van der Waals surface area contributed by atoms with Gasteiger partial charge in [-0.05, 0) is 42.7 Å². The highest BCUT2D eigenvalue weighted by Gasteiger charge is 2.32. The van der Waals surface area contributed by atoms with Gasteiger partial charge in [0.25, 0.3) is 0 Å². The molecule has 3 N–H and O–H groups in total. The minimum Gasteiger partial charge on any atom is -0.366 e. The molecule has 1 aliphatic heterocycles. The Morgan fingerprint density at radius 2 is 1.97 bits per heavy atom. The van der Waals surface area contributed by atoms with Crippen molar-refractivity contribution < 1.29 is 14.4 Å². The van der Waals surface area contributed by atoms with E-state index in [2.05, 4.69) is 22.2 Å². The number of carbonyl (C=O) groups is 3. The number of likely N-dealkylation sites (tertiary alicyclic amines) is 1. The Hall–Kier alpha value is -4.46. The van der Waals surface area contributed by atoms with Gasteiger partial charge in [-0.1, -0.05) is 6.92 Å². The smallest absolute Gasteiger partial charge is 0.331 e. The molecule has 0 bridgehead atoms. The Kier molecular flexibility index (Phi) is 6.64. The first-order valence-corrected chi connectivity index (χ1v) is 11.2. The summed E-state index contributed by atoms with van der Waals surface area (Å²) in [5.74, 6) is 0.235. The maximum Gasteiger partial charge on any atom is 0.331 e. The SMILES string of the molecule is C[C@@H]1CCN(C(=O)CC#N)C[C@@H]1N(C)c1ncnc2c1ccn2C(=O)Nc1ccc(C(N)=O)cc1. The lowest BCUT2D eigenvalue weighted by atomic mass is 9.92. The third kappa shape index (κ3) is 4.77. The van der Waals surface area contributed by atoms with Gasteiger partial charge in [0.2, 0.25) is 11.8 Å². The van der Waals surface area contributed by atoms with Crippen molar-refractivity contribution in [3.8, 4) is 6.07 Å². The summed E-state index contributed by atoms with van der Waals surface area (Å²) in [6.45, 7) is 3.25. The molecule has 4 rings (SSSR count). The third-order valence-corrected chi connectivity index (χ3v) is 6.43. The number of rotatable bonds is 5. The van der Waals surface area contributed by atoms with E-state index in [0.717, 1.165) is 6.42 Å². The second kappa shape index (κ2) is 9.80. The zero-order valence-corrected chi connectivity index (χ0v) is 19.5. The fourth-order valence-electron chi connectivity index (χ4n) is 4.40. The molecule has 35 heavy (non-hydrogen) atoms. The monoisotopic (exact) mass is 474 g/mol. The minimum absolute atomic E-state index is 0.00885. The molecular formula is C24H26N8O3. The van der Waals surface area contributed by atoms with Crippen molar-refractivity contribution in [1.29, 1.82) is 5.26 Å². The summed E-state index contributed by atoms with van der Waals surface area (Å²) >= 11 is 0. The Balaban J connectivity index is 1.57. The van der Waals surface area contributed by atoms with E-state index in [-0.39, 0.29) is 18.4 Å². The zero-order valence-electron chi connectivity index (χ0n) is 19.5. The summed E-state index contributed by atoms with van der Waals surface area (Å²) in [6.07, 6.45) is 3.71. The average molecular weight is 475 g/mol. The quantitative estimate of drug-likeness (QED) is 0.575. The molecule has 2 aromatic heterocycles. The maximum atomic E-state index is 12.9. The number of anilines is 2. The van der Waals surface area contributed by atoms with Gasteiger partial charge in [-0.2, -0.15) is 5.26 Å². The summed E-state index contributed by atoms with van der Waals surface area (Å²) in [5.41, 5.74) is 6.55. The molecule has 0 aliphatic carbocycles. The summed E-state index contributed by atoms with van der Waals surface area (Å²) in [6, 6.07) is 9.56. The standard InChI is InChI=1S/C24H26N8O3/c1-15-8-11-31(20(33)7-10-25)13-19(15)30(2)22-18-9-12-32(23(18)28-14-27-22)24(35)29-17-5-3-16(4-6-17)21(26)34/h3-6,9,12,14-15,19H,7-8,11,13H2,1-2H3,(H2,26,34)(H,29,35)/t15-,19+/m1/s1. The first kappa shape index (κ1) is 23.7. The van der Waals surface area contributed by atoms with Crippen molar-refractivity contribution in [3.63, 3.8) is 0 Å². The molecule has 3 heterocycles. The van der Waals surface area contributed by atoms with Gasteiger partial charge in [0.15, 0.2) is 5.65 Å². The van der Waals surface area contributed by atoms with Crippen molar-refractivity contribution in [1.82, 2.24) is 19.4 Å². The number of aromatic nitrogens is 3. The van der Waals surface area contributed by atoms with E-state index in [1.54, 1.807) is 29.3 Å². The van der Waals surface area contributed by atoms with Crippen LogP contribution in [0.1, 0.15) is 30.1 Å². The Bertz CT molecular complexity index is 1310. The number of likely N-dealkylation sites (N-methyl/N-ethyl adjacent to an activating group) is 1. The van der Waals surface area contributed by atoms with E-state index in [0.29, 0.717) is 47.1 Å². The lowest BCUT2D eigenvalue weighted by Crippen LogP contribution is -2.52. The Morgan fingerprint density at radius 1 is 1.23 bits per heavy atom. The van der Waals surface area contributed by atoms with Crippen LogP contribution in [0.3, 0.4) is 0 Å². The molecule has 11 heteroatoms. The van der Waals surface area contributed by atoms with E-state index in [1.807, 2.05) is 18.0 Å². The van der Waals surface area contributed by atoms with Gasteiger partial charge in [-0.15, -0.1) is 0 Å². The van der Waals surface area contributed by atoms with Gasteiger partial charge >= 0.3 is 6.03 Å². The topological polar surface area (TPSA) is 150 Å². The first-order chi connectivity index (χ1) is 16.8. The number of fused-ring (bicyclic) bond motifs is 1. The molecule has 0 saturated carbocycles. The number of primary amides is 1. The fourth-order valence-corrected chi connectivity index (χ4v) is 4.40. The van der Waals surface area contributed by atoms with Crippen LogP contribution in [0.2, 0.25) is 0 Å². The van der Waals surface area contributed by atoms with E-state index in [4.69, 9.17) is 11.0 Å². The minimum atomic E-state index is -0.544. The van der Waals surface area contributed by atoms with Gasteiger partial charge < -0.3 is 20.9 Å². The highest BCUT2D eigenvalue weighted by molar-refractivity contribution is 6.00. The molecule has 2 atom stereocenters. The molecule has 0 radical (unpaired) electrons. The average Bonchev–Trinajstić information content (AvgIpc) is 3.29. The molecule has 3 amide bonds. The number of hydrogen-bond donors (Lipinski definition) is 2. The maximum absolute atomic E-state index is 12.9. The van der Waals surface area contributed by atoms with Crippen molar-refractivity contribution in [2.24, 2.45) is 11.7 Å². The van der Waals surface area contributed by atoms with Crippen LogP contribution in [0.15, 0.2) is 42.9 Å². The lowest BCUT2D eigenvalue weighted by molar-refractivity contribution is -0.131. The van der Waals surface area contributed by atoms with Crippen LogP contribution < -0.4 is 16.0 Å². The van der Waals surface area contributed by atoms with Gasteiger partial charge in [0.1, 0.15) is 18.6 Å². The number of piperidine rings is 1. The highest BCUT2D eigenvalue weighted by atomic mass is 16.2. The lowest BCUT2D eigenvalue weighted by Gasteiger charge is -2.42. The molecule has 0 unspecified atom stereocenters. The Labute approximate surface area is 202 Å². The zero-order chi connectivity index (χ0) is 25.1. The van der Waals surface area contributed by atoms with Crippen LogP contribution in [-0.2, 0) is 4.79 Å². The number of nitrogens with zero attached hydrogens (tertiary/aromatic N) is 6. The van der Waals surface area contributed by atoms with Gasteiger partial charge in [0.05, 0.1) is 17.5 Å². The van der Waals surface area contributed by atoms with Crippen LogP contribution in [0, 0.1) is 17.2 Å². The van der Waals surface area contributed by atoms with E-state index < -0.39 is 11.9 Å². The van der Waals surface area contributed by atoms with Gasteiger partial charge in [-0.25, -0.2) is 14.8 Å². The molecule has 0 spiro atoms. The second-order valence-electron chi connectivity index (χ2n) is 8.61. The summed E-state index contributed by atoms with van der Waals surface area (Å²) in [5, 5.41) is 12.4. The normalized spacial score (nSPS) is 17.6. The molecule has 1 saturated heterocycles. The summed E-state index contributed by atoms with van der Waals surface area (Å²) in [7, 11) is 1.92. The second-order valence-corrected chi connectivity index (χ2v) is 8.61. The number of nitrogens with two attached hydrogens (primary N) is 1. The van der Waals surface area contributed by atoms with Gasteiger partial charge in [0, 0.05) is 37.6 Å². The molecule has 1 aromatic carbocycles. The van der Waals surface area contributed by atoms with Crippen LogP contribution in [0.25, 0.3) is 11.0 Å². The predicted molar refractivity (Wildman–Crippen MR) is 130 cm³/mol. The van der Waals surface area contributed by atoms with Crippen molar-refractivity contribution in [2.45, 2.75) is 25.8 Å². The van der Waals surface area contributed by atoms with Crippen LogP contribution in [0.5, 0.6) is 0 Å². The first-order valence-electron chi connectivity index (χ1n) is 11.2. The van der Waals surface area contributed by atoms with E-state index in [1.165, 1.54) is 23.0 Å². The number of benzene rings is 1. The Morgan fingerprint density at radius 3 is 2.66 bits per heavy atom.